The van der Waals surface area contributed by atoms with Gasteiger partial charge in [-0.3, -0.25) is 9.59 Å². The molecule has 0 heterocycles. The van der Waals surface area contributed by atoms with Gasteiger partial charge in [-0.15, -0.1) is 0 Å². The van der Waals surface area contributed by atoms with Crippen LogP contribution in [0.25, 0.3) is 0 Å². The Labute approximate surface area is 159 Å². The van der Waals surface area contributed by atoms with E-state index in [1.165, 1.54) is 12.1 Å². The van der Waals surface area contributed by atoms with E-state index in [-0.39, 0.29) is 18.2 Å². The first kappa shape index (κ1) is 20.6. The third-order valence-electron chi connectivity index (χ3n) is 3.72. The number of aryl methyl sites for hydroxylation is 1. The molecule has 0 aromatic heterocycles. The second kappa shape index (κ2) is 9.29. The molecule has 0 aliphatic carbocycles. The number of carbonyl (C=O) groups excluding carboxylic acids is 2. The summed E-state index contributed by atoms with van der Waals surface area (Å²) in [7, 11) is -3.99. The summed E-state index contributed by atoms with van der Waals surface area (Å²) < 4.78 is 31.5. The van der Waals surface area contributed by atoms with E-state index in [1.807, 2.05) is 6.92 Å². The average Bonchev–Trinajstić information content (AvgIpc) is 2.66. The van der Waals surface area contributed by atoms with Crippen LogP contribution in [-0.4, -0.2) is 44.4 Å². The van der Waals surface area contributed by atoms with Crippen LogP contribution in [-0.2, 0) is 19.6 Å². The fourth-order valence-corrected chi connectivity index (χ4v) is 3.58. The number of nitrogens with one attached hydrogen (secondary N) is 1. The molecule has 144 valence electrons. The van der Waals surface area contributed by atoms with Gasteiger partial charge in [-0.1, -0.05) is 35.9 Å². The minimum Gasteiger partial charge on any atom is -0.465 e. The summed E-state index contributed by atoms with van der Waals surface area (Å²) in [5.74, 6) is -1.13. The number of rotatable bonds is 8. The molecule has 0 saturated carbocycles. The third-order valence-corrected chi connectivity index (χ3v) is 5.53. The van der Waals surface area contributed by atoms with Gasteiger partial charge in [0.1, 0.15) is 6.54 Å². The molecule has 0 aliphatic heterocycles. The molecule has 8 heteroatoms. The Balaban J connectivity index is 2.21. The summed E-state index contributed by atoms with van der Waals surface area (Å²) in [4.78, 5) is 24.1. The quantitative estimate of drug-likeness (QED) is 0.549. The van der Waals surface area contributed by atoms with E-state index < -0.39 is 28.4 Å². The lowest BCUT2D eigenvalue weighted by atomic mass is 10.2. The predicted octanol–water partition coefficient (Wildman–Crippen LogP) is 1.94. The molecular weight excluding hydrogens is 368 g/mol. The average molecular weight is 390 g/mol. The molecule has 0 unspecified atom stereocenters. The lowest BCUT2D eigenvalue weighted by Crippen LogP contribution is -2.44. The number of hydrogen-bond acceptors (Lipinski definition) is 5. The highest BCUT2D eigenvalue weighted by molar-refractivity contribution is 7.89. The standard InChI is InChI=1S/C19H22N2O5S/c1-3-26-18(22)13-21(14-20-19(23)16-7-5-4-6-8-16)27(24,25)17-11-9-15(2)10-12-17/h4-12H,3,13-14H2,1-2H3,(H,20,23). The summed E-state index contributed by atoms with van der Waals surface area (Å²) in [5, 5.41) is 2.53. The second-order valence-corrected chi connectivity index (χ2v) is 7.70. The van der Waals surface area contributed by atoms with Crippen molar-refractivity contribution in [2.75, 3.05) is 19.8 Å². The number of sulfonamides is 1. The van der Waals surface area contributed by atoms with Gasteiger partial charge in [0.2, 0.25) is 10.0 Å². The first-order chi connectivity index (χ1) is 12.8. The zero-order valence-corrected chi connectivity index (χ0v) is 16.0. The number of ether oxygens (including phenoxy) is 1. The van der Waals surface area contributed by atoms with E-state index in [9.17, 15) is 18.0 Å². The van der Waals surface area contributed by atoms with E-state index in [4.69, 9.17) is 4.74 Å². The molecule has 2 rings (SSSR count). The van der Waals surface area contributed by atoms with Crippen molar-refractivity contribution in [1.29, 1.82) is 0 Å². The SMILES string of the molecule is CCOC(=O)CN(CNC(=O)c1ccccc1)S(=O)(=O)c1ccc(C)cc1. The maximum absolute atomic E-state index is 12.9. The molecule has 7 nitrogen and oxygen atoms in total. The third kappa shape index (κ3) is 5.63. The fourth-order valence-electron chi connectivity index (χ4n) is 2.29. The van der Waals surface area contributed by atoms with Crippen molar-refractivity contribution in [2.24, 2.45) is 0 Å². The molecule has 0 fully saturated rings. The van der Waals surface area contributed by atoms with Gasteiger partial charge in [0, 0.05) is 5.56 Å². The van der Waals surface area contributed by atoms with Gasteiger partial charge in [-0.25, -0.2) is 8.42 Å². The molecular formula is C19H22N2O5S. The molecule has 0 radical (unpaired) electrons. The molecule has 0 spiro atoms. The van der Waals surface area contributed by atoms with Crippen molar-refractivity contribution in [2.45, 2.75) is 18.7 Å². The first-order valence-electron chi connectivity index (χ1n) is 8.40. The summed E-state index contributed by atoms with van der Waals surface area (Å²) in [5.41, 5.74) is 1.30. The lowest BCUT2D eigenvalue weighted by molar-refractivity contribution is -0.143. The van der Waals surface area contributed by atoms with E-state index in [1.54, 1.807) is 49.4 Å². The van der Waals surface area contributed by atoms with Crippen LogP contribution in [0, 0.1) is 6.92 Å². The highest BCUT2D eigenvalue weighted by Crippen LogP contribution is 2.16. The van der Waals surface area contributed by atoms with E-state index in [0.717, 1.165) is 9.87 Å². The number of hydrogen-bond donors (Lipinski definition) is 1. The van der Waals surface area contributed by atoms with Crippen LogP contribution in [0.15, 0.2) is 59.5 Å². The number of benzene rings is 2. The van der Waals surface area contributed by atoms with Crippen molar-refractivity contribution in [1.82, 2.24) is 9.62 Å². The van der Waals surface area contributed by atoms with E-state index >= 15 is 0 Å². The Morgan fingerprint density at radius 3 is 2.26 bits per heavy atom. The Morgan fingerprint density at radius 2 is 1.67 bits per heavy atom. The largest absolute Gasteiger partial charge is 0.465 e. The lowest BCUT2D eigenvalue weighted by Gasteiger charge is -2.22. The molecule has 2 aromatic rings. The van der Waals surface area contributed by atoms with Gasteiger partial charge in [0.25, 0.3) is 5.91 Å². The van der Waals surface area contributed by atoms with Crippen LogP contribution in [0.1, 0.15) is 22.8 Å². The Morgan fingerprint density at radius 1 is 1.04 bits per heavy atom. The Kier molecular flexibility index (Phi) is 7.09. The van der Waals surface area contributed by atoms with Crippen molar-refractivity contribution in [3.8, 4) is 0 Å². The molecule has 27 heavy (non-hydrogen) atoms. The van der Waals surface area contributed by atoms with Gasteiger partial charge in [0.15, 0.2) is 0 Å². The fraction of sp³-hybridized carbons (Fsp3) is 0.263. The summed E-state index contributed by atoms with van der Waals surface area (Å²) in [6.07, 6.45) is 0. The Bertz CT molecular complexity index is 880. The number of amides is 1. The van der Waals surface area contributed by atoms with Gasteiger partial charge in [0.05, 0.1) is 18.2 Å². The highest BCUT2D eigenvalue weighted by Gasteiger charge is 2.27. The molecule has 0 atom stereocenters. The number of esters is 1. The predicted molar refractivity (Wildman–Crippen MR) is 100 cm³/mol. The Hall–Kier alpha value is -2.71. The van der Waals surface area contributed by atoms with Gasteiger partial charge in [-0.05, 0) is 38.1 Å². The number of nitrogens with zero attached hydrogens (tertiary/aromatic N) is 1. The molecule has 0 saturated heterocycles. The van der Waals surface area contributed by atoms with Crippen LogP contribution in [0.5, 0.6) is 0 Å². The molecule has 2 aromatic carbocycles. The topological polar surface area (TPSA) is 92.8 Å². The molecule has 1 N–H and O–H groups in total. The van der Waals surface area contributed by atoms with Crippen molar-refractivity contribution >= 4 is 21.9 Å². The summed E-state index contributed by atoms with van der Waals surface area (Å²) in [6, 6.07) is 14.6. The van der Waals surface area contributed by atoms with Crippen molar-refractivity contribution in [3.05, 3.63) is 65.7 Å². The highest BCUT2D eigenvalue weighted by atomic mass is 32.2. The molecule has 1 amide bonds. The minimum atomic E-state index is -3.99. The van der Waals surface area contributed by atoms with Crippen LogP contribution in [0.3, 0.4) is 0 Å². The van der Waals surface area contributed by atoms with Crippen LogP contribution < -0.4 is 5.32 Å². The number of carbonyl (C=O) groups is 2. The summed E-state index contributed by atoms with van der Waals surface area (Å²) >= 11 is 0. The summed E-state index contributed by atoms with van der Waals surface area (Å²) in [6.45, 7) is 2.75. The maximum Gasteiger partial charge on any atom is 0.321 e. The zero-order valence-electron chi connectivity index (χ0n) is 15.2. The van der Waals surface area contributed by atoms with Gasteiger partial charge >= 0.3 is 5.97 Å². The van der Waals surface area contributed by atoms with Crippen molar-refractivity contribution < 1.29 is 22.7 Å². The van der Waals surface area contributed by atoms with Gasteiger partial charge in [-0.2, -0.15) is 4.31 Å². The van der Waals surface area contributed by atoms with Gasteiger partial charge < -0.3 is 10.1 Å². The maximum atomic E-state index is 12.9. The van der Waals surface area contributed by atoms with E-state index in [2.05, 4.69) is 5.32 Å². The van der Waals surface area contributed by atoms with Crippen LogP contribution in [0.4, 0.5) is 0 Å². The minimum absolute atomic E-state index is 0.0337. The second-order valence-electron chi connectivity index (χ2n) is 5.76. The normalized spacial score (nSPS) is 11.2. The smallest absolute Gasteiger partial charge is 0.321 e. The molecule has 0 bridgehead atoms. The zero-order chi connectivity index (χ0) is 19.9. The van der Waals surface area contributed by atoms with Crippen LogP contribution in [0.2, 0.25) is 0 Å². The molecule has 0 aliphatic rings. The van der Waals surface area contributed by atoms with Crippen LogP contribution >= 0.6 is 0 Å². The van der Waals surface area contributed by atoms with E-state index in [0.29, 0.717) is 5.56 Å². The monoisotopic (exact) mass is 390 g/mol. The van der Waals surface area contributed by atoms with Crippen molar-refractivity contribution in [3.63, 3.8) is 0 Å². The first-order valence-corrected chi connectivity index (χ1v) is 9.84.